The van der Waals surface area contributed by atoms with Crippen LogP contribution in [0.5, 0.6) is 0 Å². The number of rotatable bonds is 11. The minimum Gasteiger partial charge on any atom is -0.318 e. The van der Waals surface area contributed by atoms with E-state index in [4.69, 9.17) is 4.99 Å². The van der Waals surface area contributed by atoms with E-state index in [1.165, 1.54) is 27.4 Å². The average Bonchev–Trinajstić information content (AvgIpc) is 4.14. The first-order valence-electron chi connectivity index (χ1n) is 24.9. The van der Waals surface area contributed by atoms with E-state index in [2.05, 4.69) is 218 Å². The van der Waals surface area contributed by atoms with Gasteiger partial charge in [0.1, 0.15) is 0 Å². The smallest absolute Gasteiger partial charge is 0.227 e. The number of para-hydroxylation sites is 3. The van der Waals surface area contributed by atoms with E-state index in [0.717, 1.165) is 88.8 Å². The molecule has 1 aliphatic heterocycles. The standard InChI is InChI=1S/C68H51N5S/c1-4-6-21-46(3)71(54-27-12-8-13-28-54)39-20-22-47(5-2)40-60-61(38-35-53-45-66(74-67(53)60)48-23-10-7-11-24-48)70-68(69)73-64-44-52(34-37-58(64)59-41-49-25-16-17-26-50(49)42-65(59)73)51-33-36-57-56-31-18-19-32-62(56)72(63(57)43-51)55-29-14-9-15-30-55/h4-44,66,69H,1-3,45H2/b21-6-,39-20+,47-22+,60-40-,69-68?,70-61-. The first-order valence-corrected chi connectivity index (χ1v) is 25.7. The van der Waals surface area contributed by atoms with Gasteiger partial charge in [0.2, 0.25) is 5.96 Å². The molecule has 0 saturated heterocycles. The summed E-state index contributed by atoms with van der Waals surface area (Å²) in [6.45, 7) is 12.5. The molecule has 3 heterocycles. The largest absolute Gasteiger partial charge is 0.318 e. The predicted molar refractivity (Wildman–Crippen MR) is 318 cm³/mol. The van der Waals surface area contributed by atoms with Crippen molar-refractivity contribution in [2.75, 3.05) is 4.90 Å². The van der Waals surface area contributed by atoms with Crippen molar-refractivity contribution in [1.82, 2.24) is 9.13 Å². The Morgan fingerprint density at radius 2 is 1.27 bits per heavy atom. The zero-order valence-electron chi connectivity index (χ0n) is 40.8. The van der Waals surface area contributed by atoms with Crippen LogP contribution in [0.3, 0.4) is 0 Å². The maximum Gasteiger partial charge on any atom is 0.227 e. The van der Waals surface area contributed by atoms with Crippen molar-refractivity contribution in [2.24, 2.45) is 4.99 Å². The molecular weight excluding hydrogens is 919 g/mol. The van der Waals surface area contributed by atoms with Gasteiger partial charge in [0, 0.05) is 60.5 Å². The molecule has 0 amide bonds. The van der Waals surface area contributed by atoms with E-state index in [1.54, 1.807) is 6.08 Å². The van der Waals surface area contributed by atoms with Crippen LogP contribution in [0.25, 0.3) is 71.2 Å². The second-order valence-electron chi connectivity index (χ2n) is 18.5. The van der Waals surface area contributed by atoms with Crippen molar-refractivity contribution in [2.45, 2.75) is 11.7 Å². The maximum atomic E-state index is 10.1. The van der Waals surface area contributed by atoms with Gasteiger partial charge in [-0.15, -0.1) is 11.8 Å². The van der Waals surface area contributed by atoms with Crippen molar-refractivity contribution >= 4 is 83.5 Å². The lowest BCUT2D eigenvalue weighted by molar-refractivity contribution is 0.958. The Balaban J connectivity index is 0.991. The number of nitrogens with zero attached hydrogens (tertiary/aromatic N) is 4. The third-order valence-electron chi connectivity index (χ3n) is 14.0. The lowest BCUT2D eigenvalue weighted by Gasteiger charge is -2.20. The highest BCUT2D eigenvalue weighted by molar-refractivity contribution is 8.03. The van der Waals surface area contributed by atoms with Gasteiger partial charge in [-0.1, -0.05) is 184 Å². The highest BCUT2D eigenvalue weighted by Crippen LogP contribution is 2.52. The van der Waals surface area contributed by atoms with Crippen LogP contribution in [-0.2, 0) is 0 Å². The van der Waals surface area contributed by atoms with Gasteiger partial charge in [-0.2, -0.15) is 0 Å². The molecule has 1 N–H and O–H groups in total. The number of hydrogen-bond donors (Lipinski definition) is 1. The number of allylic oxidation sites excluding steroid dienone is 12. The molecule has 0 radical (unpaired) electrons. The van der Waals surface area contributed by atoms with E-state index >= 15 is 0 Å². The monoisotopic (exact) mass is 969 g/mol. The second kappa shape index (κ2) is 19.8. The SMILES string of the molecule is C=C/C=C\C(=C)N(/C=C/C=C(C=C)/C=C1\C2=C(C=C\C1=N\C(=N)n1c3cc(-c4ccc5c6ccccc6n(-c6ccccc6)c5c4)ccc3c3cc4ccccc4cc31)CC(c1ccccc1)S2)c1ccccc1. The summed E-state index contributed by atoms with van der Waals surface area (Å²) in [5.41, 5.74) is 14.3. The summed E-state index contributed by atoms with van der Waals surface area (Å²) in [7, 11) is 0. The Labute approximate surface area is 435 Å². The fourth-order valence-corrected chi connectivity index (χ4v) is 11.9. The van der Waals surface area contributed by atoms with Crippen LogP contribution in [0, 0.1) is 5.41 Å². The lowest BCUT2D eigenvalue weighted by atomic mass is 9.94. The van der Waals surface area contributed by atoms with Crippen LogP contribution in [0.1, 0.15) is 17.2 Å². The Kier molecular flexibility index (Phi) is 12.2. The number of aliphatic imine (C=N–C) groups is 1. The third kappa shape index (κ3) is 8.51. The maximum absolute atomic E-state index is 10.1. The lowest BCUT2D eigenvalue weighted by Crippen LogP contribution is -2.14. The third-order valence-corrected chi connectivity index (χ3v) is 15.5. The number of aromatic nitrogens is 2. The number of nitrogens with one attached hydrogen (secondary N) is 1. The molecule has 8 aromatic carbocycles. The zero-order chi connectivity index (χ0) is 50.1. The molecule has 74 heavy (non-hydrogen) atoms. The van der Waals surface area contributed by atoms with Crippen LogP contribution >= 0.6 is 11.8 Å². The summed E-state index contributed by atoms with van der Waals surface area (Å²) in [5, 5.41) is 17.2. The van der Waals surface area contributed by atoms with Crippen molar-refractivity contribution in [3.8, 4) is 16.8 Å². The number of benzene rings is 8. The van der Waals surface area contributed by atoms with Gasteiger partial charge in [0.25, 0.3) is 0 Å². The number of anilines is 1. The van der Waals surface area contributed by atoms with Crippen LogP contribution in [0.4, 0.5) is 5.69 Å². The summed E-state index contributed by atoms with van der Waals surface area (Å²) in [6.07, 6.45) is 20.9. The molecule has 6 heteroatoms. The summed E-state index contributed by atoms with van der Waals surface area (Å²) in [6, 6.07) is 66.5. The molecule has 0 spiro atoms. The quantitative estimate of drug-likeness (QED) is 0.0798. The van der Waals surface area contributed by atoms with Crippen LogP contribution in [0.2, 0.25) is 0 Å². The van der Waals surface area contributed by atoms with Crippen molar-refractivity contribution < 1.29 is 0 Å². The van der Waals surface area contributed by atoms with E-state index in [9.17, 15) is 5.41 Å². The molecule has 1 aliphatic carbocycles. The predicted octanol–water partition coefficient (Wildman–Crippen LogP) is 18.0. The van der Waals surface area contributed by atoms with Gasteiger partial charge in [-0.05, 0) is 124 Å². The molecule has 12 rings (SSSR count). The van der Waals surface area contributed by atoms with Crippen molar-refractivity contribution in [3.05, 3.63) is 302 Å². The number of thioether (sulfide) groups is 1. The summed E-state index contributed by atoms with van der Waals surface area (Å²) in [4.78, 5) is 8.55. The fourth-order valence-electron chi connectivity index (χ4n) is 10.5. The molecule has 0 saturated carbocycles. The number of hydrogen-bond acceptors (Lipinski definition) is 3. The molecular formula is C68H51N5S. The van der Waals surface area contributed by atoms with Gasteiger partial charge < -0.3 is 9.47 Å². The zero-order valence-corrected chi connectivity index (χ0v) is 41.6. The van der Waals surface area contributed by atoms with Crippen LogP contribution in [-0.4, -0.2) is 20.8 Å². The molecule has 0 bridgehead atoms. The summed E-state index contributed by atoms with van der Waals surface area (Å²) in [5.74, 6) is 0.128. The van der Waals surface area contributed by atoms with Crippen LogP contribution in [0.15, 0.2) is 301 Å². The van der Waals surface area contributed by atoms with Gasteiger partial charge in [-0.3, -0.25) is 9.98 Å². The molecule has 5 nitrogen and oxygen atoms in total. The molecule has 2 aromatic heterocycles. The Bertz CT molecular complexity index is 4140. The van der Waals surface area contributed by atoms with E-state index in [0.29, 0.717) is 5.71 Å². The van der Waals surface area contributed by atoms with Crippen molar-refractivity contribution in [1.29, 1.82) is 5.41 Å². The topological polar surface area (TPSA) is 49.3 Å². The molecule has 0 fully saturated rings. The average molecular weight is 970 g/mol. The van der Waals surface area contributed by atoms with Gasteiger partial charge in [0.15, 0.2) is 0 Å². The first-order chi connectivity index (χ1) is 36.4. The Hall–Kier alpha value is -9.23. The van der Waals surface area contributed by atoms with Gasteiger partial charge in [0.05, 0.1) is 27.8 Å². The molecule has 1 atom stereocenters. The van der Waals surface area contributed by atoms with E-state index in [1.807, 2.05) is 69.9 Å². The van der Waals surface area contributed by atoms with E-state index < -0.39 is 0 Å². The van der Waals surface area contributed by atoms with Gasteiger partial charge >= 0.3 is 0 Å². The molecule has 1 unspecified atom stereocenters. The minimum absolute atomic E-state index is 0.128. The van der Waals surface area contributed by atoms with Crippen LogP contribution < -0.4 is 4.90 Å². The van der Waals surface area contributed by atoms with E-state index in [-0.39, 0.29) is 11.2 Å². The normalized spacial score (nSPS) is 16.0. The first kappa shape index (κ1) is 45.9. The Morgan fingerprint density at radius 3 is 2.01 bits per heavy atom. The fraction of sp³-hybridized carbons (Fsp3) is 0.0294. The summed E-state index contributed by atoms with van der Waals surface area (Å²) < 4.78 is 4.40. The highest BCUT2D eigenvalue weighted by Gasteiger charge is 2.31. The minimum atomic E-state index is 0.128. The molecule has 2 aliphatic rings. The number of fused-ring (bicyclic) bond motifs is 7. The van der Waals surface area contributed by atoms with Gasteiger partial charge in [-0.25, -0.2) is 4.99 Å². The molecule has 10 aromatic rings. The second-order valence-corrected chi connectivity index (χ2v) is 19.7. The van der Waals surface area contributed by atoms with Crippen molar-refractivity contribution in [3.63, 3.8) is 0 Å². The summed E-state index contributed by atoms with van der Waals surface area (Å²) >= 11 is 1.87. The highest BCUT2D eigenvalue weighted by atomic mass is 32.2. The molecule has 354 valence electrons. The Morgan fingerprint density at radius 1 is 0.635 bits per heavy atom.